The average Bonchev–Trinajstić information content (AvgIpc) is 3.21. The van der Waals surface area contributed by atoms with Gasteiger partial charge in [0.25, 0.3) is 5.91 Å². The van der Waals surface area contributed by atoms with Gasteiger partial charge in [0.1, 0.15) is 11.4 Å². The van der Waals surface area contributed by atoms with Gasteiger partial charge < -0.3 is 14.2 Å². The highest BCUT2D eigenvalue weighted by molar-refractivity contribution is 9.10. The van der Waals surface area contributed by atoms with Crippen molar-refractivity contribution >= 4 is 38.9 Å². The number of amides is 1. The predicted octanol–water partition coefficient (Wildman–Crippen LogP) is 4.70. The van der Waals surface area contributed by atoms with Crippen LogP contribution in [0.25, 0.3) is 0 Å². The number of anilines is 1. The first-order valence-corrected chi connectivity index (χ1v) is 9.06. The number of ether oxygens (including phenoxy) is 1. The SMILES string of the molecule is COc1ccc(N(Cc2cccs2)C(=O)c2cc(Br)cn2C)cc1. The number of aromatic nitrogens is 1. The second kappa shape index (κ2) is 7.23. The van der Waals surface area contributed by atoms with Crippen LogP contribution >= 0.6 is 27.3 Å². The van der Waals surface area contributed by atoms with Crippen LogP contribution < -0.4 is 9.64 Å². The maximum Gasteiger partial charge on any atom is 0.275 e. The summed E-state index contributed by atoms with van der Waals surface area (Å²) in [5.41, 5.74) is 1.47. The Morgan fingerprint density at radius 3 is 2.58 bits per heavy atom. The molecule has 0 unspecified atom stereocenters. The highest BCUT2D eigenvalue weighted by Gasteiger charge is 2.21. The third kappa shape index (κ3) is 3.55. The van der Waals surface area contributed by atoms with Crippen molar-refractivity contribution in [3.05, 3.63) is 69.1 Å². The molecule has 1 amide bonds. The van der Waals surface area contributed by atoms with Crippen molar-refractivity contribution in [2.75, 3.05) is 12.0 Å². The van der Waals surface area contributed by atoms with Gasteiger partial charge >= 0.3 is 0 Å². The molecule has 124 valence electrons. The molecule has 0 radical (unpaired) electrons. The topological polar surface area (TPSA) is 34.5 Å². The molecule has 0 fully saturated rings. The van der Waals surface area contributed by atoms with Gasteiger partial charge in [0.15, 0.2) is 0 Å². The molecule has 3 aromatic rings. The Morgan fingerprint density at radius 2 is 2.04 bits per heavy atom. The van der Waals surface area contributed by atoms with Crippen molar-refractivity contribution in [3.8, 4) is 5.75 Å². The fraction of sp³-hybridized carbons (Fsp3) is 0.167. The Bertz CT molecular complexity index is 825. The van der Waals surface area contributed by atoms with Gasteiger partial charge in [-0.25, -0.2) is 0 Å². The number of aryl methyl sites for hydroxylation is 1. The van der Waals surface area contributed by atoms with Crippen LogP contribution in [0.15, 0.2) is 58.5 Å². The zero-order valence-corrected chi connectivity index (χ0v) is 15.8. The van der Waals surface area contributed by atoms with E-state index in [1.54, 1.807) is 23.3 Å². The molecule has 0 saturated heterocycles. The third-order valence-corrected chi connectivity index (χ3v) is 5.01. The van der Waals surface area contributed by atoms with Crippen LogP contribution in [-0.2, 0) is 13.6 Å². The molecule has 0 saturated carbocycles. The van der Waals surface area contributed by atoms with E-state index in [2.05, 4.69) is 15.9 Å². The monoisotopic (exact) mass is 404 g/mol. The maximum absolute atomic E-state index is 13.1. The lowest BCUT2D eigenvalue weighted by Crippen LogP contribution is -2.31. The van der Waals surface area contributed by atoms with Gasteiger partial charge in [0, 0.05) is 28.3 Å². The van der Waals surface area contributed by atoms with Gasteiger partial charge in [-0.3, -0.25) is 4.79 Å². The summed E-state index contributed by atoms with van der Waals surface area (Å²) in [6.45, 7) is 0.533. The predicted molar refractivity (Wildman–Crippen MR) is 101 cm³/mol. The molecule has 0 atom stereocenters. The standard InChI is InChI=1S/C18H17BrN2O2S/c1-20-11-13(19)10-17(20)18(22)21(12-16-4-3-9-24-16)14-5-7-15(23-2)8-6-14/h3-11H,12H2,1-2H3. The van der Waals surface area contributed by atoms with Crippen LogP contribution in [0.5, 0.6) is 5.75 Å². The Kier molecular flexibility index (Phi) is 5.06. The van der Waals surface area contributed by atoms with Crippen molar-refractivity contribution in [2.45, 2.75) is 6.54 Å². The number of rotatable bonds is 5. The smallest absolute Gasteiger partial charge is 0.275 e. The van der Waals surface area contributed by atoms with Crippen molar-refractivity contribution in [1.29, 1.82) is 0 Å². The second-order valence-electron chi connectivity index (χ2n) is 5.32. The summed E-state index contributed by atoms with van der Waals surface area (Å²) in [6.07, 6.45) is 1.88. The van der Waals surface area contributed by atoms with E-state index in [-0.39, 0.29) is 5.91 Å². The molecular formula is C18H17BrN2O2S. The normalized spacial score (nSPS) is 10.6. The molecule has 0 aliphatic carbocycles. The molecule has 4 nitrogen and oxygen atoms in total. The maximum atomic E-state index is 13.1. The van der Waals surface area contributed by atoms with Crippen LogP contribution in [0.3, 0.4) is 0 Å². The van der Waals surface area contributed by atoms with Gasteiger partial charge in [0.2, 0.25) is 0 Å². The number of methoxy groups -OCH3 is 1. The summed E-state index contributed by atoms with van der Waals surface area (Å²) in [4.78, 5) is 16.0. The highest BCUT2D eigenvalue weighted by Crippen LogP contribution is 2.25. The first kappa shape index (κ1) is 16.8. The van der Waals surface area contributed by atoms with Gasteiger partial charge in [-0.1, -0.05) is 6.07 Å². The number of carbonyl (C=O) groups is 1. The minimum Gasteiger partial charge on any atom is -0.497 e. The van der Waals surface area contributed by atoms with E-state index in [9.17, 15) is 4.79 Å². The first-order chi connectivity index (χ1) is 11.6. The Balaban J connectivity index is 1.97. The number of carbonyl (C=O) groups excluding carboxylic acids is 1. The van der Waals surface area contributed by atoms with E-state index in [0.29, 0.717) is 12.2 Å². The summed E-state index contributed by atoms with van der Waals surface area (Å²) >= 11 is 5.07. The van der Waals surface area contributed by atoms with Gasteiger partial charge in [-0.2, -0.15) is 0 Å². The number of hydrogen-bond donors (Lipinski definition) is 0. The Hall–Kier alpha value is -2.05. The molecule has 6 heteroatoms. The number of hydrogen-bond acceptors (Lipinski definition) is 3. The Labute approximate surface area is 153 Å². The molecule has 2 aromatic heterocycles. The van der Waals surface area contributed by atoms with Crippen LogP contribution in [0, 0.1) is 0 Å². The Morgan fingerprint density at radius 1 is 1.29 bits per heavy atom. The minimum atomic E-state index is -0.0400. The summed E-state index contributed by atoms with van der Waals surface area (Å²) in [5.74, 6) is 0.727. The van der Waals surface area contributed by atoms with Crippen LogP contribution in [0.2, 0.25) is 0 Å². The van der Waals surface area contributed by atoms with Crippen LogP contribution in [-0.4, -0.2) is 17.6 Å². The lowest BCUT2D eigenvalue weighted by atomic mass is 10.2. The minimum absolute atomic E-state index is 0.0400. The molecule has 24 heavy (non-hydrogen) atoms. The van der Waals surface area contributed by atoms with E-state index in [1.807, 2.05) is 65.7 Å². The molecule has 3 rings (SSSR count). The van der Waals surface area contributed by atoms with E-state index < -0.39 is 0 Å². The molecule has 0 aliphatic rings. The van der Waals surface area contributed by atoms with Gasteiger partial charge in [-0.15, -0.1) is 11.3 Å². The third-order valence-electron chi connectivity index (χ3n) is 3.71. The highest BCUT2D eigenvalue weighted by atomic mass is 79.9. The van der Waals surface area contributed by atoms with E-state index in [1.165, 1.54) is 0 Å². The number of nitrogens with zero attached hydrogens (tertiary/aromatic N) is 2. The summed E-state index contributed by atoms with van der Waals surface area (Å²) in [7, 11) is 3.50. The van der Waals surface area contributed by atoms with Gasteiger partial charge in [-0.05, 0) is 57.7 Å². The lowest BCUT2D eigenvalue weighted by molar-refractivity contribution is 0.0977. The van der Waals surface area contributed by atoms with Crippen molar-refractivity contribution < 1.29 is 9.53 Å². The lowest BCUT2D eigenvalue weighted by Gasteiger charge is -2.23. The summed E-state index contributed by atoms with van der Waals surface area (Å²) in [5, 5.41) is 2.02. The van der Waals surface area contributed by atoms with E-state index >= 15 is 0 Å². The van der Waals surface area contributed by atoms with Crippen molar-refractivity contribution in [2.24, 2.45) is 7.05 Å². The summed E-state index contributed by atoms with van der Waals surface area (Å²) < 4.78 is 7.93. The zero-order valence-electron chi connectivity index (χ0n) is 13.4. The molecule has 0 spiro atoms. The van der Waals surface area contributed by atoms with Gasteiger partial charge in [0.05, 0.1) is 13.7 Å². The number of benzene rings is 1. The molecule has 1 aromatic carbocycles. The average molecular weight is 405 g/mol. The van der Waals surface area contributed by atoms with Crippen LogP contribution in [0.1, 0.15) is 15.4 Å². The molecule has 0 N–H and O–H groups in total. The largest absolute Gasteiger partial charge is 0.497 e. The van der Waals surface area contributed by atoms with Crippen molar-refractivity contribution in [1.82, 2.24) is 4.57 Å². The number of halogens is 1. The fourth-order valence-corrected chi connectivity index (χ4v) is 3.69. The van der Waals surface area contributed by atoms with E-state index in [0.717, 1.165) is 20.8 Å². The van der Waals surface area contributed by atoms with E-state index in [4.69, 9.17) is 4.74 Å². The molecule has 0 aliphatic heterocycles. The van der Waals surface area contributed by atoms with Crippen molar-refractivity contribution in [3.63, 3.8) is 0 Å². The fourth-order valence-electron chi connectivity index (χ4n) is 2.48. The summed E-state index contributed by atoms with van der Waals surface area (Å²) in [6, 6.07) is 13.4. The first-order valence-electron chi connectivity index (χ1n) is 7.38. The molecule has 0 bridgehead atoms. The molecule has 2 heterocycles. The zero-order chi connectivity index (χ0) is 17.1. The molecular weight excluding hydrogens is 388 g/mol. The second-order valence-corrected chi connectivity index (χ2v) is 7.27. The van der Waals surface area contributed by atoms with Crippen LogP contribution in [0.4, 0.5) is 5.69 Å². The quantitative estimate of drug-likeness (QED) is 0.617. The number of thiophene rings is 1.